The van der Waals surface area contributed by atoms with Gasteiger partial charge in [-0.05, 0) is 73.3 Å². The first-order chi connectivity index (χ1) is 20.3. The van der Waals surface area contributed by atoms with Crippen LogP contribution in [0.4, 0.5) is 27.6 Å². The Labute approximate surface area is 252 Å². The predicted octanol–water partition coefficient (Wildman–Crippen LogP) is 5.90. The smallest absolute Gasteiger partial charge is 0.441 e. The van der Waals surface area contributed by atoms with E-state index in [-0.39, 0.29) is 27.8 Å². The van der Waals surface area contributed by atoms with Gasteiger partial charge >= 0.3 is 21.6 Å². The van der Waals surface area contributed by atoms with E-state index in [2.05, 4.69) is 29.9 Å². The molecule has 3 aliphatic rings. The lowest BCUT2D eigenvalue weighted by atomic mass is 9.75. The summed E-state index contributed by atoms with van der Waals surface area (Å²) in [6, 6.07) is 11.1. The standard InChI is InChI=1S/C31H30F5NO5SSi/c1-7-37-23-14-24-20(12-18(23)16(2)15-29(37,3)4)30(19-11-9-8-10-17(19)28(38)41-30)21-13-22(32)26(25(33)27(21)44(24,5)6)42-43(39,40)31(34,35)36/h8-14,16H,7,15H2,1-6H3. The lowest BCUT2D eigenvalue weighted by Crippen LogP contribution is -2.65. The van der Waals surface area contributed by atoms with Crippen LogP contribution in [0.15, 0.2) is 42.5 Å². The van der Waals surface area contributed by atoms with E-state index >= 15 is 8.78 Å². The Morgan fingerprint density at radius 3 is 2.36 bits per heavy atom. The molecule has 0 N–H and O–H groups in total. The predicted molar refractivity (Wildman–Crippen MR) is 157 cm³/mol. The highest BCUT2D eigenvalue weighted by Crippen LogP contribution is 2.53. The molecule has 6 rings (SSSR count). The maximum atomic E-state index is 16.6. The molecule has 0 radical (unpaired) electrons. The van der Waals surface area contributed by atoms with Gasteiger partial charge in [0.2, 0.25) is 5.75 Å². The van der Waals surface area contributed by atoms with Gasteiger partial charge in [0.05, 0.1) is 5.56 Å². The number of benzene rings is 3. The largest absolute Gasteiger partial charge is 0.534 e. The molecule has 0 saturated carbocycles. The van der Waals surface area contributed by atoms with Gasteiger partial charge in [0.15, 0.2) is 17.2 Å². The van der Waals surface area contributed by atoms with Crippen molar-refractivity contribution in [2.24, 2.45) is 0 Å². The highest BCUT2D eigenvalue weighted by molar-refractivity contribution is 7.88. The first-order valence-corrected chi connectivity index (χ1v) is 18.5. The summed E-state index contributed by atoms with van der Waals surface area (Å²) < 4.78 is 106. The van der Waals surface area contributed by atoms with Crippen LogP contribution in [0.2, 0.25) is 13.1 Å². The summed E-state index contributed by atoms with van der Waals surface area (Å²) in [5, 5.41) is 0.404. The van der Waals surface area contributed by atoms with Gasteiger partial charge in [0, 0.05) is 34.5 Å². The van der Waals surface area contributed by atoms with E-state index < -0.39 is 52.7 Å². The third kappa shape index (κ3) is 3.93. The Hall–Kier alpha value is -3.45. The molecule has 3 aromatic rings. The number of anilines is 1. The monoisotopic (exact) mass is 651 g/mol. The first kappa shape index (κ1) is 30.6. The fourth-order valence-electron chi connectivity index (χ4n) is 7.56. The van der Waals surface area contributed by atoms with Crippen molar-refractivity contribution in [3.05, 3.63) is 81.9 Å². The molecule has 3 aliphatic heterocycles. The molecular formula is C31H30F5NO5SSi. The Morgan fingerprint density at radius 2 is 1.73 bits per heavy atom. The van der Waals surface area contributed by atoms with E-state index in [1.54, 1.807) is 31.3 Å². The second kappa shape index (κ2) is 9.29. The summed E-state index contributed by atoms with van der Waals surface area (Å²) in [6.45, 7) is 12.5. The number of hydrogen-bond acceptors (Lipinski definition) is 6. The zero-order valence-corrected chi connectivity index (χ0v) is 26.6. The highest BCUT2D eigenvalue weighted by atomic mass is 32.2. The molecule has 6 nitrogen and oxygen atoms in total. The van der Waals surface area contributed by atoms with Gasteiger partial charge in [0.25, 0.3) is 0 Å². The first-order valence-electron chi connectivity index (χ1n) is 14.1. The normalized spacial score (nSPS) is 23.0. The van der Waals surface area contributed by atoms with E-state index in [9.17, 15) is 26.4 Å². The second-order valence-corrected chi connectivity index (χ2v) is 18.6. The van der Waals surface area contributed by atoms with Crippen molar-refractivity contribution in [3.63, 3.8) is 0 Å². The Bertz CT molecular complexity index is 1870. The fraction of sp³-hybridized carbons (Fsp3) is 0.387. The van der Waals surface area contributed by atoms with Crippen molar-refractivity contribution >= 4 is 40.2 Å². The zero-order valence-electron chi connectivity index (χ0n) is 24.8. The summed E-state index contributed by atoms with van der Waals surface area (Å²) in [6.07, 6.45) is 0.811. The molecule has 0 amide bonds. The average molecular weight is 652 g/mol. The number of halogens is 5. The zero-order chi connectivity index (χ0) is 32.4. The molecule has 0 bridgehead atoms. The van der Waals surface area contributed by atoms with Crippen LogP contribution in [0, 0.1) is 11.6 Å². The van der Waals surface area contributed by atoms with Crippen molar-refractivity contribution in [2.45, 2.75) is 69.8 Å². The summed E-state index contributed by atoms with van der Waals surface area (Å²) in [5.74, 6) is -5.59. The van der Waals surface area contributed by atoms with Crippen LogP contribution in [0.3, 0.4) is 0 Å². The second-order valence-electron chi connectivity index (χ2n) is 12.8. The van der Waals surface area contributed by atoms with Gasteiger partial charge in [-0.15, -0.1) is 0 Å². The molecule has 3 heterocycles. The van der Waals surface area contributed by atoms with Crippen molar-refractivity contribution in [1.82, 2.24) is 0 Å². The molecule has 1 spiro atoms. The summed E-state index contributed by atoms with van der Waals surface area (Å²) in [7, 11) is -9.78. The van der Waals surface area contributed by atoms with Crippen LogP contribution >= 0.6 is 0 Å². The summed E-state index contributed by atoms with van der Waals surface area (Å²) in [5.41, 5.74) is -5.23. The SMILES string of the molecule is CCN1c2cc3c(cc2C(C)CC1(C)C)C1(OC(=O)c2ccccc21)c1cc(F)c(OS(=O)(=O)C(F)(F)F)c(F)c1[Si]3(C)C. The Morgan fingerprint density at radius 1 is 1.07 bits per heavy atom. The maximum Gasteiger partial charge on any atom is 0.534 e. The van der Waals surface area contributed by atoms with Crippen LogP contribution < -0.4 is 19.5 Å². The van der Waals surface area contributed by atoms with Crippen LogP contribution in [-0.4, -0.2) is 40.1 Å². The molecule has 44 heavy (non-hydrogen) atoms. The Kier molecular flexibility index (Phi) is 6.45. The number of carbonyl (C=O) groups is 1. The molecule has 2 atom stereocenters. The molecule has 2 unspecified atom stereocenters. The van der Waals surface area contributed by atoms with Gasteiger partial charge in [-0.25, -0.2) is 13.6 Å². The number of hydrogen-bond donors (Lipinski definition) is 0. The average Bonchev–Trinajstić information content (AvgIpc) is 3.21. The maximum absolute atomic E-state index is 16.6. The minimum absolute atomic E-state index is 0.0699. The van der Waals surface area contributed by atoms with Crippen molar-refractivity contribution < 1.29 is 44.1 Å². The van der Waals surface area contributed by atoms with E-state index in [4.69, 9.17) is 4.74 Å². The van der Waals surface area contributed by atoms with Gasteiger partial charge in [-0.2, -0.15) is 21.6 Å². The van der Waals surface area contributed by atoms with Crippen LogP contribution in [0.5, 0.6) is 5.75 Å². The highest BCUT2D eigenvalue weighted by Gasteiger charge is 2.59. The van der Waals surface area contributed by atoms with Crippen molar-refractivity contribution in [1.29, 1.82) is 0 Å². The van der Waals surface area contributed by atoms with E-state index in [0.717, 1.165) is 23.7 Å². The minimum atomic E-state index is -6.40. The molecule has 13 heteroatoms. The topological polar surface area (TPSA) is 72.9 Å². The number of fused-ring (bicyclic) bond motifs is 7. The van der Waals surface area contributed by atoms with Gasteiger partial charge in [-0.3, -0.25) is 0 Å². The quantitative estimate of drug-likeness (QED) is 0.115. The van der Waals surface area contributed by atoms with E-state index in [1.807, 2.05) is 19.1 Å². The van der Waals surface area contributed by atoms with Gasteiger partial charge in [0.1, 0.15) is 8.07 Å². The molecule has 234 valence electrons. The van der Waals surface area contributed by atoms with E-state index in [1.165, 1.54) is 6.07 Å². The van der Waals surface area contributed by atoms with Crippen molar-refractivity contribution in [3.8, 4) is 5.75 Å². The molecule has 0 aromatic heterocycles. The number of esters is 1. The third-order valence-electron chi connectivity index (χ3n) is 9.32. The third-order valence-corrected chi connectivity index (χ3v) is 13.8. The number of carbonyl (C=O) groups excluding carboxylic acids is 1. The molecular weight excluding hydrogens is 621 g/mol. The lowest BCUT2D eigenvalue weighted by Gasteiger charge is -2.50. The van der Waals surface area contributed by atoms with Crippen LogP contribution in [0.25, 0.3) is 0 Å². The van der Waals surface area contributed by atoms with Crippen molar-refractivity contribution in [2.75, 3.05) is 11.4 Å². The number of rotatable bonds is 3. The minimum Gasteiger partial charge on any atom is -0.441 e. The number of alkyl halides is 3. The summed E-state index contributed by atoms with van der Waals surface area (Å²) in [4.78, 5) is 15.6. The molecule has 0 saturated heterocycles. The van der Waals surface area contributed by atoms with Gasteiger partial charge in [-0.1, -0.05) is 38.2 Å². The van der Waals surface area contributed by atoms with Gasteiger partial charge < -0.3 is 13.8 Å². The summed E-state index contributed by atoms with van der Waals surface area (Å²) >= 11 is 0. The number of nitrogens with zero attached hydrogens (tertiary/aromatic N) is 1. The fourth-order valence-corrected chi connectivity index (χ4v) is 11.3. The lowest BCUT2D eigenvalue weighted by molar-refractivity contribution is -0.0502. The molecule has 3 aromatic carbocycles. The van der Waals surface area contributed by atoms with E-state index in [0.29, 0.717) is 22.9 Å². The Balaban J connectivity index is 1.74. The van der Waals surface area contributed by atoms with Crippen LogP contribution in [0.1, 0.15) is 72.6 Å². The van der Waals surface area contributed by atoms with Crippen LogP contribution in [-0.2, 0) is 20.5 Å². The molecule has 0 fully saturated rings. The molecule has 0 aliphatic carbocycles. The number of ether oxygens (including phenoxy) is 1.